The second-order valence-corrected chi connectivity index (χ2v) is 9.16. The fraction of sp³-hybridized carbons (Fsp3) is 0.522. The molecular weight excluding hydrogens is 392 g/mol. The maximum atomic E-state index is 12.4. The Morgan fingerprint density at radius 1 is 1.23 bits per heavy atom. The molecule has 0 bridgehead atoms. The van der Waals surface area contributed by atoms with Crippen LogP contribution in [0.25, 0.3) is 10.9 Å². The van der Waals surface area contributed by atoms with Gasteiger partial charge in [-0.2, -0.15) is 0 Å². The van der Waals surface area contributed by atoms with E-state index in [1.165, 1.54) is 16.5 Å². The average molecular weight is 423 g/mol. The summed E-state index contributed by atoms with van der Waals surface area (Å²) in [6, 6.07) is 8.44. The summed E-state index contributed by atoms with van der Waals surface area (Å²) >= 11 is 0. The summed E-state index contributed by atoms with van der Waals surface area (Å²) in [5, 5.41) is 20.7. The predicted octanol–water partition coefficient (Wildman–Crippen LogP) is 2.08. The number of nitrogens with zero attached hydrogens (tertiary/aromatic N) is 6. The second-order valence-electron chi connectivity index (χ2n) is 9.16. The number of carbonyl (C=O) groups is 1. The van der Waals surface area contributed by atoms with E-state index in [0.717, 1.165) is 18.2 Å². The van der Waals surface area contributed by atoms with Crippen LogP contribution in [0, 0.1) is 5.92 Å². The van der Waals surface area contributed by atoms with Crippen LogP contribution in [0.4, 0.5) is 0 Å². The van der Waals surface area contributed by atoms with E-state index in [1.807, 2.05) is 18.7 Å². The number of aliphatic hydroxyl groups excluding tert-OH is 1. The third kappa shape index (κ3) is 3.53. The highest BCUT2D eigenvalue weighted by atomic mass is 16.3. The van der Waals surface area contributed by atoms with Gasteiger partial charge in [-0.3, -0.25) is 9.69 Å². The molecule has 31 heavy (non-hydrogen) atoms. The molecule has 0 radical (unpaired) electrons. The van der Waals surface area contributed by atoms with E-state index in [1.54, 1.807) is 0 Å². The fourth-order valence-electron chi connectivity index (χ4n) is 5.07. The molecule has 2 aromatic heterocycles. The van der Waals surface area contributed by atoms with E-state index in [-0.39, 0.29) is 24.0 Å². The first kappa shape index (κ1) is 20.2. The van der Waals surface area contributed by atoms with Gasteiger partial charge in [-0.15, -0.1) is 10.2 Å². The van der Waals surface area contributed by atoms with Gasteiger partial charge in [0.1, 0.15) is 0 Å². The number of β-amino-alcohol motifs (C(OH)–C–C–N with tert-alkyl or cyclic N) is 1. The van der Waals surface area contributed by atoms with Gasteiger partial charge in [-0.05, 0) is 18.1 Å². The minimum Gasteiger partial charge on any atom is -0.392 e. The lowest BCUT2D eigenvalue weighted by molar-refractivity contribution is -0.136. The summed E-state index contributed by atoms with van der Waals surface area (Å²) in [6.07, 6.45) is 2.45. The van der Waals surface area contributed by atoms with Crippen LogP contribution in [0.15, 0.2) is 30.5 Å². The van der Waals surface area contributed by atoms with Gasteiger partial charge in [0.15, 0.2) is 11.6 Å². The molecule has 0 aliphatic carbocycles. The minimum absolute atomic E-state index is 0.0163. The van der Waals surface area contributed by atoms with E-state index in [4.69, 9.17) is 0 Å². The summed E-state index contributed by atoms with van der Waals surface area (Å²) in [6.45, 7) is 7.11. The highest BCUT2D eigenvalue weighted by molar-refractivity contribution is 5.83. The standard InChI is InChI=1S/C23H30N6O2/c1-15(2)23(31)27-8-9-29-21(14-27)24-25-22(29)20-10-17(30)13-28(20)12-16-11-26(3)19-7-5-4-6-18(16)19/h4-7,11,15,17,20,30H,8-10,12-14H2,1-3H3/t17-,20-/m0/s1. The molecule has 5 rings (SSSR count). The van der Waals surface area contributed by atoms with Gasteiger partial charge in [0, 0.05) is 56.2 Å². The van der Waals surface area contributed by atoms with Crippen molar-refractivity contribution >= 4 is 16.8 Å². The molecule has 1 fully saturated rings. The molecule has 4 heterocycles. The van der Waals surface area contributed by atoms with Crippen LogP contribution >= 0.6 is 0 Å². The van der Waals surface area contributed by atoms with E-state index < -0.39 is 0 Å². The van der Waals surface area contributed by atoms with Gasteiger partial charge in [0.2, 0.25) is 5.91 Å². The molecule has 0 spiro atoms. The third-order valence-corrected chi connectivity index (χ3v) is 6.62. The number of aromatic nitrogens is 4. The molecule has 2 aliphatic heterocycles. The van der Waals surface area contributed by atoms with Gasteiger partial charge in [0.05, 0.1) is 18.7 Å². The van der Waals surface area contributed by atoms with Crippen molar-refractivity contribution in [1.29, 1.82) is 0 Å². The van der Waals surface area contributed by atoms with E-state index >= 15 is 0 Å². The number of hydrogen-bond acceptors (Lipinski definition) is 5. The molecule has 0 unspecified atom stereocenters. The number of fused-ring (bicyclic) bond motifs is 2. The molecule has 0 saturated carbocycles. The number of aliphatic hydroxyl groups is 1. The Kier molecular flexibility index (Phi) is 5.06. The van der Waals surface area contributed by atoms with Crippen LogP contribution in [-0.4, -0.2) is 59.3 Å². The molecule has 1 saturated heterocycles. The number of aryl methyl sites for hydroxylation is 1. The first-order chi connectivity index (χ1) is 14.9. The van der Waals surface area contributed by atoms with Gasteiger partial charge >= 0.3 is 0 Å². The van der Waals surface area contributed by atoms with Crippen LogP contribution in [0.5, 0.6) is 0 Å². The lowest BCUT2D eigenvalue weighted by Gasteiger charge is -2.30. The van der Waals surface area contributed by atoms with Crippen LogP contribution in [0.3, 0.4) is 0 Å². The third-order valence-electron chi connectivity index (χ3n) is 6.62. The smallest absolute Gasteiger partial charge is 0.225 e. The highest BCUT2D eigenvalue weighted by Gasteiger charge is 2.37. The lowest BCUT2D eigenvalue weighted by atomic mass is 10.1. The maximum Gasteiger partial charge on any atom is 0.225 e. The van der Waals surface area contributed by atoms with Crippen molar-refractivity contribution in [1.82, 2.24) is 29.1 Å². The SMILES string of the molecule is CC(C)C(=O)N1CCn2c(nnc2[C@@H]2C[C@H](O)CN2Cc2cn(C)c3ccccc23)C1. The Morgan fingerprint density at radius 3 is 2.84 bits per heavy atom. The molecule has 8 nitrogen and oxygen atoms in total. The van der Waals surface area contributed by atoms with E-state index in [2.05, 4.69) is 61.7 Å². The summed E-state index contributed by atoms with van der Waals surface area (Å²) in [4.78, 5) is 16.6. The molecule has 2 atom stereocenters. The van der Waals surface area contributed by atoms with Gasteiger partial charge in [-0.1, -0.05) is 32.0 Å². The Hall–Kier alpha value is -2.71. The summed E-state index contributed by atoms with van der Waals surface area (Å²) in [7, 11) is 2.07. The molecule has 3 aromatic rings. The largest absolute Gasteiger partial charge is 0.392 e. The number of para-hydroxylation sites is 1. The highest BCUT2D eigenvalue weighted by Crippen LogP contribution is 2.35. The average Bonchev–Trinajstić information content (AvgIpc) is 3.43. The first-order valence-corrected chi connectivity index (χ1v) is 11.1. The van der Waals surface area contributed by atoms with Crippen LogP contribution in [0.1, 0.15) is 43.5 Å². The lowest BCUT2D eigenvalue weighted by Crippen LogP contribution is -2.41. The summed E-state index contributed by atoms with van der Waals surface area (Å²) in [5.41, 5.74) is 2.47. The fourth-order valence-corrected chi connectivity index (χ4v) is 5.07. The van der Waals surface area contributed by atoms with Crippen molar-refractivity contribution in [3.63, 3.8) is 0 Å². The molecule has 8 heteroatoms. The number of rotatable bonds is 4. The summed E-state index contributed by atoms with van der Waals surface area (Å²) in [5.74, 6) is 1.88. The van der Waals surface area contributed by atoms with Crippen molar-refractivity contribution in [2.75, 3.05) is 13.1 Å². The Labute approximate surface area is 182 Å². The van der Waals surface area contributed by atoms with Crippen LogP contribution < -0.4 is 0 Å². The monoisotopic (exact) mass is 422 g/mol. The summed E-state index contributed by atoms with van der Waals surface area (Å²) < 4.78 is 4.31. The second kappa shape index (κ2) is 7.76. The number of likely N-dealkylation sites (tertiary alicyclic amines) is 1. The zero-order valence-electron chi connectivity index (χ0n) is 18.4. The van der Waals surface area contributed by atoms with Crippen molar-refractivity contribution < 1.29 is 9.90 Å². The number of benzene rings is 1. The quantitative estimate of drug-likeness (QED) is 0.696. The topological polar surface area (TPSA) is 79.4 Å². The molecule has 2 aliphatic rings. The number of hydrogen-bond donors (Lipinski definition) is 1. The Balaban J connectivity index is 1.41. The van der Waals surface area contributed by atoms with E-state index in [0.29, 0.717) is 32.6 Å². The first-order valence-electron chi connectivity index (χ1n) is 11.1. The van der Waals surface area contributed by atoms with Gasteiger partial charge in [0.25, 0.3) is 0 Å². The zero-order chi connectivity index (χ0) is 21.7. The van der Waals surface area contributed by atoms with Crippen molar-refractivity contribution in [3.8, 4) is 0 Å². The van der Waals surface area contributed by atoms with Crippen molar-refractivity contribution in [2.45, 2.75) is 52.0 Å². The van der Waals surface area contributed by atoms with E-state index in [9.17, 15) is 9.90 Å². The number of carbonyl (C=O) groups excluding carboxylic acids is 1. The zero-order valence-corrected chi connectivity index (χ0v) is 18.4. The Morgan fingerprint density at radius 2 is 2.03 bits per heavy atom. The van der Waals surface area contributed by atoms with Gasteiger partial charge in [-0.25, -0.2) is 0 Å². The maximum absolute atomic E-state index is 12.4. The van der Waals surface area contributed by atoms with Crippen LogP contribution in [-0.2, 0) is 31.5 Å². The minimum atomic E-state index is -0.379. The van der Waals surface area contributed by atoms with Crippen molar-refractivity contribution in [3.05, 3.63) is 47.7 Å². The Bertz CT molecular complexity index is 1120. The molecular formula is C23H30N6O2. The molecule has 1 aromatic carbocycles. The number of amides is 1. The molecule has 1 N–H and O–H groups in total. The molecule has 164 valence electrons. The predicted molar refractivity (Wildman–Crippen MR) is 117 cm³/mol. The van der Waals surface area contributed by atoms with Crippen molar-refractivity contribution in [2.24, 2.45) is 13.0 Å². The normalized spacial score (nSPS) is 21.9. The van der Waals surface area contributed by atoms with Crippen LogP contribution in [0.2, 0.25) is 0 Å². The molecule has 1 amide bonds. The van der Waals surface area contributed by atoms with Gasteiger partial charge < -0.3 is 19.1 Å².